The molecule has 0 spiro atoms. The van der Waals surface area contributed by atoms with Gasteiger partial charge in [-0.3, -0.25) is 4.79 Å². The summed E-state index contributed by atoms with van der Waals surface area (Å²) in [7, 11) is 0. The molecule has 3 heterocycles. The number of nitrogens with one attached hydrogen (secondary N) is 1. The number of aromatic amines is 1. The Hall–Kier alpha value is -2.07. The van der Waals surface area contributed by atoms with Gasteiger partial charge in [-0.2, -0.15) is 11.3 Å². The third kappa shape index (κ3) is 2.07. The first-order chi connectivity index (χ1) is 10.3. The number of rotatable bonds is 3. The molecular weight excluding hydrogens is 280 g/mol. The molecule has 4 rings (SSSR count). The van der Waals surface area contributed by atoms with E-state index in [1.807, 2.05) is 11.0 Å². The van der Waals surface area contributed by atoms with E-state index in [2.05, 4.69) is 46.2 Å². The average molecular weight is 296 g/mol. The largest absolute Gasteiger partial charge is 0.361 e. The number of aromatic nitrogens is 1. The highest BCUT2D eigenvalue weighted by molar-refractivity contribution is 7.08. The van der Waals surface area contributed by atoms with Crippen LogP contribution in [0.2, 0.25) is 0 Å². The molecule has 21 heavy (non-hydrogen) atoms. The highest BCUT2D eigenvalue weighted by Gasteiger charge is 2.31. The minimum absolute atomic E-state index is 0.0300. The summed E-state index contributed by atoms with van der Waals surface area (Å²) in [6.45, 7) is 0.846. The van der Waals surface area contributed by atoms with Gasteiger partial charge in [-0.15, -0.1) is 0 Å². The Kier molecular flexibility index (Phi) is 3.04. The Morgan fingerprint density at radius 2 is 2.14 bits per heavy atom. The van der Waals surface area contributed by atoms with Crippen LogP contribution in [0.1, 0.15) is 30.0 Å². The fraction of sp³-hybridized carbons (Fsp3) is 0.235. The van der Waals surface area contributed by atoms with Gasteiger partial charge in [0.05, 0.1) is 6.04 Å². The lowest BCUT2D eigenvalue weighted by Crippen LogP contribution is -2.30. The van der Waals surface area contributed by atoms with E-state index in [-0.39, 0.29) is 11.9 Å². The molecule has 1 amide bonds. The molecular formula is C17H16N2OS. The summed E-state index contributed by atoms with van der Waals surface area (Å²) in [5, 5.41) is 5.43. The Balaban J connectivity index is 1.88. The summed E-state index contributed by atoms with van der Waals surface area (Å²) < 4.78 is 0. The fourth-order valence-corrected chi connectivity index (χ4v) is 3.90. The van der Waals surface area contributed by atoms with Crippen LogP contribution in [0.5, 0.6) is 0 Å². The van der Waals surface area contributed by atoms with Crippen LogP contribution in [0, 0.1) is 0 Å². The number of hydrogen-bond acceptors (Lipinski definition) is 2. The summed E-state index contributed by atoms with van der Waals surface area (Å²) >= 11 is 1.68. The number of para-hydroxylation sites is 1. The van der Waals surface area contributed by atoms with Crippen LogP contribution in [0.3, 0.4) is 0 Å². The standard InChI is InChI=1S/C17H16N2OS/c20-16-6-3-8-19(16)17(12-7-9-21-11-12)14-10-18-15-5-2-1-4-13(14)15/h1-2,4-5,7,9-11,17-18H,3,6,8H2. The summed E-state index contributed by atoms with van der Waals surface area (Å²) in [6.07, 6.45) is 3.68. The predicted octanol–water partition coefficient (Wildman–Crippen LogP) is 3.94. The average Bonchev–Trinajstić information content (AvgIpc) is 3.23. The Morgan fingerprint density at radius 1 is 1.24 bits per heavy atom. The molecule has 2 aromatic heterocycles. The van der Waals surface area contributed by atoms with Gasteiger partial charge < -0.3 is 9.88 Å². The summed E-state index contributed by atoms with van der Waals surface area (Å²) in [4.78, 5) is 17.6. The van der Waals surface area contributed by atoms with Gasteiger partial charge in [-0.25, -0.2) is 0 Å². The van der Waals surface area contributed by atoms with Crippen molar-refractivity contribution in [3.8, 4) is 0 Å². The Bertz CT molecular complexity index is 775. The molecule has 1 aliphatic heterocycles. The number of fused-ring (bicyclic) bond motifs is 1. The van der Waals surface area contributed by atoms with E-state index >= 15 is 0 Å². The maximum absolute atomic E-state index is 12.3. The zero-order valence-corrected chi connectivity index (χ0v) is 12.4. The van der Waals surface area contributed by atoms with E-state index in [0.29, 0.717) is 6.42 Å². The van der Waals surface area contributed by atoms with Crippen LogP contribution >= 0.6 is 11.3 Å². The van der Waals surface area contributed by atoms with Crippen molar-refractivity contribution in [2.45, 2.75) is 18.9 Å². The normalized spacial score (nSPS) is 16.8. The van der Waals surface area contributed by atoms with E-state index in [0.717, 1.165) is 18.5 Å². The summed E-state index contributed by atoms with van der Waals surface area (Å²) in [5.41, 5.74) is 3.53. The van der Waals surface area contributed by atoms with Gasteiger partial charge in [0.15, 0.2) is 0 Å². The molecule has 1 atom stereocenters. The molecule has 1 saturated heterocycles. The van der Waals surface area contributed by atoms with Crippen LogP contribution in [-0.4, -0.2) is 22.3 Å². The number of carbonyl (C=O) groups excluding carboxylic acids is 1. The number of likely N-dealkylation sites (tertiary alicyclic amines) is 1. The van der Waals surface area contributed by atoms with Crippen molar-refractivity contribution < 1.29 is 4.79 Å². The summed E-state index contributed by atoms with van der Waals surface area (Å²) in [6, 6.07) is 10.4. The molecule has 1 unspecified atom stereocenters. The number of thiophene rings is 1. The van der Waals surface area contributed by atoms with Crippen LogP contribution < -0.4 is 0 Å². The van der Waals surface area contributed by atoms with Gasteiger partial charge in [0.1, 0.15) is 0 Å². The third-order valence-corrected chi connectivity index (χ3v) is 4.90. The van der Waals surface area contributed by atoms with Gasteiger partial charge in [0.2, 0.25) is 5.91 Å². The van der Waals surface area contributed by atoms with Crippen LogP contribution in [0.4, 0.5) is 0 Å². The molecule has 1 N–H and O–H groups in total. The van der Waals surface area contributed by atoms with E-state index < -0.39 is 0 Å². The second kappa shape index (κ2) is 5.04. The highest BCUT2D eigenvalue weighted by atomic mass is 32.1. The monoisotopic (exact) mass is 296 g/mol. The lowest BCUT2D eigenvalue weighted by molar-refractivity contribution is -0.129. The van der Waals surface area contributed by atoms with Crippen LogP contribution in [0.15, 0.2) is 47.3 Å². The predicted molar refractivity (Wildman–Crippen MR) is 85.4 cm³/mol. The van der Waals surface area contributed by atoms with Crippen molar-refractivity contribution in [3.63, 3.8) is 0 Å². The molecule has 0 bridgehead atoms. The van der Waals surface area contributed by atoms with Crippen molar-refractivity contribution in [3.05, 3.63) is 58.4 Å². The van der Waals surface area contributed by atoms with E-state index in [9.17, 15) is 4.79 Å². The first-order valence-corrected chi connectivity index (χ1v) is 8.16. The molecule has 4 heteroatoms. The van der Waals surface area contributed by atoms with Gasteiger partial charge in [0, 0.05) is 35.6 Å². The van der Waals surface area contributed by atoms with Gasteiger partial charge in [-0.1, -0.05) is 18.2 Å². The lowest BCUT2D eigenvalue weighted by atomic mass is 9.99. The number of nitrogens with zero attached hydrogens (tertiary/aromatic N) is 1. The molecule has 0 radical (unpaired) electrons. The maximum atomic E-state index is 12.3. The van der Waals surface area contributed by atoms with Crippen LogP contribution in [-0.2, 0) is 4.79 Å². The SMILES string of the molecule is O=C1CCCN1C(c1ccsc1)c1c[nH]c2ccccc12. The molecule has 0 saturated carbocycles. The van der Waals surface area contributed by atoms with Gasteiger partial charge >= 0.3 is 0 Å². The molecule has 1 aromatic carbocycles. The van der Waals surface area contributed by atoms with E-state index in [1.54, 1.807) is 11.3 Å². The van der Waals surface area contributed by atoms with Crippen molar-refractivity contribution in [1.82, 2.24) is 9.88 Å². The topological polar surface area (TPSA) is 36.1 Å². The van der Waals surface area contributed by atoms with Crippen molar-refractivity contribution in [2.24, 2.45) is 0 Å². The van der Waals surface area contributed by atoms with Crippen molar-refractivity contribution >= 4 is 28.1 Å². The van der Waals surface area contributed by atoms with Gasteiger partial charge in [-0.05, 0) is 34.9 Å². The Labute approximate surface area is 127 Å². The number of H-pyrrole nitrogens is 1. The van der Waals surface area contributed by atoms with Crippen LogP contribution in [0.25, 0.3) is 10.9 Å². The second-order valence-corrected chi connectivity index (χ2v) is 6.22. The van der Waals surface area contributed by atoms with Crippen molar-refractivity contribution in [1.29, 1.82) is 0 Å². The molecule has 1 fully saturated rings. The number of hydrogen-bond donors (Lipinski definition) is 1. The quantitative estimate of drug-likeness (QED) is 0.780. The molecule has 106 valence electrons. The van der Waals surface area contributed by atoms with E-state index in [4.69, 9.17) is 0 Å². The first-order valence-electron chi connectivity index (χ1n) is 7.22. The zero-order chi connectivity index (χ0) is 14.2. The minimum atomic E-state index is 0.0300. The smallest absolute Gasteiger partial charge is 0.223 e. The Morgan fingerprint density at radius 3 is 2.90 bits per heavy atom. The molecule has 1 aliphatic rings. The third-order valence-electron chi connectivity index (χ3n) is 4.20. The fourth-order valence-electron chi connectivity index (χ4n) is 3.22. The van der Waals surface area contributed by atoms with E-state index in [1.165, 1.54) is 16.5 Å². The van der Waals surface area contributed by atoms with Gasteiger partial charge in [0.25, 0.3) is 0 Å². The first kappa shape index (κ1) is 12.7. The lowest BCUT2D eigenvalue weighted by Gasteiger charge is -2.27. The second-order valence-electron chi connectivity index (χ2n) is 5.44. The number of benzene rings is 1. The highest BCUT2D eigenvalue weighted by Crippen LogP contribution is 2.36. The zero-order valence-electron chi connectivity index (χ0n) is 11.6. The summed E-state index contributed by atoms with van der Waals surface area (Å²) in [5.74, 6) is 0.261. The van der Waals surface area contributed by atoms with Crippen molar-refractivity contribution in [2.75, 3.05) is 6.54 Å². The molecule has 3 aromatic rings. The number of carbonyl (C=O) groups is 1. The molecule has 0 aliphatic carbocycles. The number of amides is 1. The molecule has 3 nitrogen and oxygen atoms in total. The minimum Gasteiger partial charge on any atom is -0.361 e. The maximum Gasteiger partial charge on any atom is 0.223 e.